The lowest BCUT2D eigenvalue weighted by molar-refractivity contribution is -0.114. The Bertz CT molecular complexity index is 908. The van der Waals surface area contributed by atoms with Gasteiger partial charge in [0.2, 0.25) is 15.9 Å². The molecular weight excluding hydrogens is 366 g/mol. The van der Waals surface area contributed by atoms with Gasteiger partial charge in [-0.25, -0.2) is 13.1 Å². The zero-order chi connectivity index (χ0) is 19.7. The van der Waals surface area contributed by atoms with Crippen molar-refractivity contribution >= 4 is 33.6 Å². The normalized spacial score (nSPS) is 11.3. The maximum Gasteiger partial charge on any atom is 0.251 e. The van der Waals surface area contributed by atoms with Crippen LogP contribution in [0.4, 0.5) is 5.69 Å². The Kier molecular flexibility index (Phi) is 7.27. The largest absolute Gasteiger partial charge is 0.351 e. The second-order valence-corrected chi connectivity index (χ2v) is 7.32. The smallest absolute Gasteiger partial charge is 0.251 e. The van der Waals surface area contributed by atoms with E-state index in [0.29, 0.717) is 11.3 Å². The number of carbonyl (C=O) groups excluding carboxylic acids is 2. The fraction of sp³-hybridized carbons (Fsp3) is 0.158. The molecule has 0 aromatic heterocycles. The molecule has 0 bridgehead atoms. The topological polar surface area (TPSA) is 104 Å². The lowest BCUT2D eigenvalue weighted by Gasteiger charge is -2.07. The van der Waals surface area contributed by atoms with Gasteiger partial charge in [0.05, 0.1) is 0 Å². The van der Waals surface area contributed by atoms with Crippen LogP contribution in [0.2, 0.25) is 0 Å². The molecule has 0 heterocycles. The van der Waals surface area contributed by atoms with Crippen LogP contribution in [0.15, 0.2) is 60.0 Å². The second kappa shape index (κ2) is 9.65. The first-order valence-electron chi connectivity index (χ1n) is 8.24. The van der Waals surface area contributed by atoms with Gasteiger partial charge in [0.15, 0.2) is 0 Å². The van der Waals surface area contributed by atoms with Gasteiger partial charge in [-0.3, -0.25) is 9.59 Å². The van der Waals surface area contributed by atoms with Gasteiger partial charge in [-0.05, 0) is 35.9 Å². The number of hydrogen-bond acceptors (Lipinski definition) is 4. The van der Waals surface area contributed by atoms with Crippen molar-refractivity contribution in [2.75, 3.05) is 18.4 Å². The Labute approximate surface area is 158 Å². The molecular formula is C19H21N3O4S. The van der Waals surface area contributed by atoms with Gasteiger partial charge in [-0.15, -0.1) is 0 Å². The third-order valence-corrected chi connectivity index (χ3v) is 4.52. The molecule has 0 aliphatic carbocycles. The van der Waals surface area contributed by atoms with Crippen molar-refractivity contribution in [1.82, 2.24) is 10.0 Å². The van der Waals surface area contributed by atoms with E-state index in [0.717, 1.165) is 11.0 Å². The van der Waals surface area contributed by atoms with E-state index < -0.39 is 10.0 Å². The fourth-order valence-electron chi connectivity index (χ4n) is 2.16. The predicted molar refractivity (Wildman–Crippen MR) is 105 cm³/mol. The molecule has 3 N–H and O–H groups in total. The molecule has 0 radical (unpaired) electrons. The van der Waals surface area contributed by atoms with Gasteiger partial charge >= 0.3 is 0 Å². The second-order valence-electron chi connectivity index (χ2n) is 5.67. The third-order valence-electron chi connectivity index (χ3n) is 3.42. The molecule has 0 spiro atoms. The van der Waals surface area contributed by atoms with E-state index in [1.807, 2.05) is 18.2 Å². The van der Waals surface area contributed by atoms with Crippen LogP contribution in [0, 0.1) is 0 Å². The van der Waals surface area contributed by atoms with Crippen LogP contribution in [0.1, 0.15) is 22.8 Å². The van der Waals surface area contributed by atoms with E-state index in [9.17, 15) is 18.0 Å². The van der Waals surface area contributed by atoms with Crippen molar-refractivity contribution in [3.8, 4) is 0 Å². The monoisotopic (exact) mass is 387 g/mol. The first kappa shape index (κ1) is 20.3. The molecule has 2 rings (SSSR count). The predicted octanol–water partition coefficient (Wildman–Crippen LogP) is 1.97. The highest BCUT2D eigenvalue weighted by Gasteiger charge is 2.07. The average Bonchev–Trinajstić information content (AvgIpc) is 2.64. The van der Waals surface area contributed by atoms with E-state index in [4.69, 9.17) is 0 Å². The molecule has 0 unspecified atom stereocenters. The van der Waals surface area contributed by atoms with Gasteiger partial charge in [-0.2, -0.15) is 0 Å². The first-order chi connectivity index (χ1) is 12.9. The molecule has 0 saturated heterocycles. The van der Waals surface area contributed by atoms with Gasteiger partial charge in [-0.1, -0.05) is 30.3 Å². The maximum atomic E-state index is 12.0. The highest BCUT2D eigenvalue weighted by atomic mass is 32.2. The van der Waals surface area contributed by atoms with Crippen molar-refractivity contribution in [2.24, 2.45) is 0 Å². The summed E-state index contributed by atoms with van der Waals surface area (Å²) in [7, 11) is -3.58. The lowest BCUT2D eigenvalue weighted by atomic mass is 10.2. The van der Waals surface area contributed by atoms with Gasteiger partial charge in [0, 0.05) is 36.7 Å². The molecule has 0 fully saturated rings. The number of anilines is 1. The number of nitrogens with one attached hydrogen (secondary N) is 3. The van der Waals surface area contributed by atoms with E-state index in [2.05, 4.69) is 15.4 Å². The maximum absolute atomic E-state index is 12.0. The summed E-state index contributed by atoms with van der Waals surface area (Å²) in [6.45, 7) is 1.61. The number of carbonyl (C=O) groups is 2. The molecule has 0 saturated carbocycles. The van der Waals surface area contributed by atoms with Crippen LogP contribution in [0.5, 0.6) is 0 Å². The van der Waals surface area contributed by atoms with Crippen molar-refractivity contribution in [1.29, 1.82) is 0 Å². The molecule has 2 aromatic rings. The van der Waals surface area contributed by atoms with Gasteiger partial charge < -0.3 is 10.6 Å². The van der Waals surface area contributed by atoms with Crippen LogP contribution in [-0.4, -0.2) is 33.3 Å². The average molecular weight is 387 g/mol. The Morgan fingerprint density at radius 1 is 0.963 bits per heavy atom. The quantitative estimate of drug-likeness (QED) is 0.602. The number of sulfonamides is 1. The zero-order valence-electron chi connectivity index (χ0n) is 14.8. The van der Waals surface area contributed by atoms with Crippen LogP contribution >= 0.6 is 0 Å². The Morgan fingerprint density at radius 3 is 2.26 bits per heavy atom. The highest BCUT2D eigenvalue weighted by Crippen LogP contribution is 2.09. The number of amides is 2. The minimum Gasteiger partial charge on any atom is -0.351 e. The van der Waals surface area contributed by atoms with E-state index in [1.54, 1.807) is 36.4 Å². The summed E-state index contributed by atoms with van der Waals surface area (Å²) in [6, 6.07) is 15.5. The summed E-state index contributed by atoms with van der Waals surface area (Å²) in [5, 5.41) is 6.33. The minimum absolute atomic E-state index is 0.0666. The van der Waals surface area contributed by atoms with Gasteiger partial charge in [0.25, 0.3) is 5.91 Å². The molecule has 27 heavy (non-hydrogen) atoms. The molecule has 142 valence electrons. The molecule has 0 aliphatic rings. The lowest BCUT2D eigenvalue weighted by Crippen LogP contribution is -2.33. The molecule has 0 atom stereocenters. The van der Waals surface area contributed by atoms with Crippen molar-refractivity contribution in [3.63, 3.8) is 0 Å². The van der Waals surface area contributed by atoms with Crippen LogP contribution < -0.4 is 15.4 Å². The summed E-state index contributed by atoms with van der Waals surface area (Å²) in [5.41, 5.74) is 1.78. The third kappa shape index (κ3) is 7.43. The molecule has 0 aliphatic heterocycles. The van der Waals surface area contributed by atoms with Crippen molar-refractivity contribution in [2.45, 2.75) is 6.92 Å². The summed E-state index contributed by atoms with van der Waals surface area (Å²) >= 11 is 0. The Balaban J connectivity index is 1.77. The minimum atomic E-state index is -3.58. The van der Waals surface area contributed by atoms with Gasteiger partial charge in [0.1, 0.15) is 0 Å². The number of hydrogen-bond donors (Lipinski definition) is 3. The van der Waals surface area contributed by atoms with Crippen molar-refractivity contribution in [3.05, 3.63) is 71.1 Å². The molecule has 2 aromatic carbocycles. The summed E-state index contributed by atoms with van der Waals surface area (Å²) in [4.78, 5) is 23.0. The molecule has 8 heteroatoms. The highest BCUT2D eigenvalue weighted by molar-refractivity contribution is 7.92. The van der Waals surface area contributed by atoms with E-state index in [-0.39, 0.29) is 24.9 Å². The van der Waals surface area contributed by atoms with Crippen LogP contribution in [0.25, 0.3) is 6.08 Å². The molecule has 2 amide bonds. The summed E-state index contributed by atoms with van der Waals surface area (Å²) in [5.74, 6) is -0.524. The number of rotatable bonds is 8. The zero-order valence-corrected chi connectivity index (χ0v) is 15.6. The van der Waals surface area contributed by atoms with E-state index >= 15 is 0 Å². The summed E-state index contributed by atoms with van der Waals surface area (Å²) < 4.78 is 26.2. The molecule has 7 nitrogen and oxygen atoms in total. The fourth-order valence-corrected chi connectivity index (χ4v) is 2.98. The number of benzene rings is 2. The first-order valence-corrected chi connectivity index (χ1v) is 9.79. The van der Waals surface area contributed by atoms with Crippen LogP contribution in [-0.2, 0) is 14.8 Å². The summed E-state index contributed by atoms with van der Waals surface area (Å²) in [6.07, 6.45) is 1.50. The standard InChI is InChI=1S/C19H21N3O4S/c1-15(23)22-18-9-7-17(8-10-18)19(24)20-12-13-21-27(25,26)14-11-16-5-3-2-4-6-16/h2-11,14,21H,12-13H2,1H3,(H,20,24)(H,22,23)/b14-11+. The van der Waals surface area contributed by atoms with Crippen molar-refractivity contribution < 1.29 is 18.0 Å². The Hall–Kier alpha value is -2.97. The Morgan fingerprint density at radius 2 is 1.63 bits per heavy atom. The van der Waals surface area contributed by atoms with Crippen LogP contribution in [0.3, 0.4) is 0 Å². The SMILES string of the molecule is CC(=O)Nc1ccc(C(=O)NCCNS(=O)(=O)/C=C/c2ccccc2)cc1. The van der Waals surface area contributed by atoms with E-state index in [1.165, 1.54) is 13.0 Å².